The van der Waals surface area contributed by atoms with Crippen LogP contribution in [-0.2, 0) is 23.3 Å². The predicted octanol–water partition coefficient (Wildman–Crippen LogP) is 2.93. The first-order chi connectivity index (χ1) is 15.9. The van der Waals surface area contributed by atoms with Gasteiger partial charge in [-0.05, 0) is 51.2 Å². The SMILES string of the molecule is Cc1cc(C)n(CCC(=O)NC2CC3CN(Cc4ccccc4)CC3(c3nc(C)no3)C2)n1. The molecule has 2 fully saturated rings. The van der Waals surface area contributed by atoms with Crippen molar-refractivity contribution in [2.45, 2.75) is 64.6 Å². The van der Waals surface area contributed by atoms with Crippen molar-refractivity contribution in [3.8, 4) is 0 Å². The van der Waals surface area contributed by atoms with Crippen LogP contribution in [0.1, 0.15) is 47.9 Å². The maximum absolute atomic E-state index is 12.7. The lowest BCUT2D eigenvalue weighted by Crippen LogP contribution is -2.38. The molecule has 0 radical (unpaired) electrons. The molecule has 33 heavy (non-hydrogen) atoms. The van der Waals surface area contributed by atoms with Crippen LogP contribution in [0.2, 0.25) is 0 Å². The quantitative estimate of drug-likeness (QED) is 0.598. The molecule has 8 heteroatoms. The Bertz CT molecular complexity index is 1120. The van der Waals surface area contributed by atoms with E-state index < -0.39 is 0 Å². The summed E-state index contributed by atoms with van der Waals surface area (Å²) in [5, 5.41) is 11.8. The number of rotatable bonds is 7. The second-order valence-electron chi connectivity index (χ2n) is 9.76. The van der Waals surface area contributed by atoms with Crippen LogP contribution in [0.15, 0.2) is 40.9 Å². The highest BCUT2D eigenvalue weighted by Crippen LogP contribution is 2.50. The molecular formula is C25H32N6O2. The van der Waals surface area contributed by atoms with Gasteiger partial charge in [0.1, 0.15) is 0 Å². The average molecular weight is 449 g/mol. The van der Waals surface area contributed by atoms with Gasteiger partial charge in [-0.1, -0.05) is 35.5 Å². The number of nitrogens with zero attached hydrogens (tertiary/aromatic N) is 5. The van der Waals surface area contributed by atoms with Gasteiger partial charge >= 0.3 is 0 Å². The highest BCUT2D eigenvalue weighted by atomic mass is 16.5. The van der Waals surface area contributed by atoms with Crippen molar-refractivity contribution in [1.82, 2.24) is 30.1 Å². The minimum absolute atomic E-state index is 0.0746. The number of aromatic nitrogens is 4. The van der Waals surface area contributed by atoms with Gasteiger partial charge in [0.25, 0.3) is 0 Å². The molecule has 1 saturated heterocycles. The van der Waals surface area contributed by atoms with E-state index >= 15 is 0 Å². The van der Waals surface area contributed by atoms with Gasteiger partial charge < -0.3 is 9.84 Å². The largest absolute Gasteiger partial charge is 0.353 e. The van der Waals surface area contributed by atoms with Gasteiger partial charge in [0.05, 0.1) is 11.1 Å². The monoisotopic (exact) mass is 448 g/mol. The molecule has 8 nitrogen and oxygen atoms in total. The van der Waals surface area contributed by atoms with Crippen LogP contribution < -0.4 is 5.32 Å². The van der Waals surface area contributed by atoms with Crippen molar-refractivity contribution in [2.75, 3.05) is 13.1 Å². The van der Waals surface area contributed by atoms with E-state index in [1.807, 2.05) is 37.6 Å². The normalized spacial score (nSPS) is 24.8. The molecule has 1 amide bonds. The third kappa shape index (κ3) is 4.44. The average Bonchev–Trinajstić information content (AvgIpc) is 3.50. The molecule has 2 aliphatic rings. The predicted molar refractivity (Wildman–Crippen MR) is 123 cm³/mol. The van der Waals surface area contributed by atoms with E-state index in [9.17, 15) is 4.79 Å². The molecule has 2 aromatic heterocycles. The number of hydrogen-bond donors (Lipinski definition) is 1. The van der Waals surface area contributed by atoms with E-state index in [-0.39, 0.29) is 17.4 Å². The topological polar surface area (TPSA) is 89.1 Å². The van der Waals surface area contributed by atoms with Crippen LogP contribution in [-0.4, -0.2) is 49.9 Å². The van der Waals surface area contributed by atoms with Gasteiger partial charge in [0.2, 0.25) is 11.8 Å². The van der Waals surface area contributed by atoms with E-state index in [0.29, 0.717) is 24.7 Å². The zero-order valence-electron chi connectivity index (χ0n) is 19.6. The third-order valence-electron chi connectivity index (χ3n) is 7.17. The van der Waals surface area contributed by atoms with Crippen molar-refractivity contribution in [1.29, 1.82) is 0 Å². The van der Waals surface area contributed by atoms with E-state index in [1.54, 1.807) is 0 Å². The molecule has 0 bridgehead atoms. The van der Waals surface area contributed by atoms with Crippen molar-refractivity contribution in [2.24, 2.45) is 5.92 Å². The number of nitrogens with one attached hydrogen (secondary N) is 1. The number of fused-ring (bicyclic) bond motifs is 1. The summed E-state index contributed by atoms with van der Waals surface area (Å²) >= 11 is 0. The van der Waals surface area contributed by atoms with E-state index in [2.05, 4.69) is 49.7 Å². The lowest BCUT2D eigenvalue weighted by Gasteiger charge is -2.25. The summed E-state index contributed by atoms with van der Waals surface area (Å²) in [6.07, 6.45) is 2.19. The second-order valence-corrected chi connectivity index (χ2v) is 9.76. The van der Waals surface area contributed by atoms with E-state index in [0.717, 1.165) is 49.8 Å². The summed E-state index contributed by atoms with van der Waals surface area (Å²) in [7, 11) is 0. The first kappa shape index (κ1) is 21.8. The van der Waals surface area contributed by atoms with Crippen LogP contribution in [0.5, 0.6) is 0 Å². The minimum Gasteiger partial charge on any atom is -0.353 e. The standard InChI is InChI=1S/C25H32N6O2/c1-17-11-18(2)31(28-17)10-9-23(32)27-22-12-21-15-30(14-20-7-5-4-6-8-20)16-25(21,13-22)24-26-19(3)29-33-24/h4-8,11,21-22H,9-10,12-16H2,1-3H3,(H,27,32). The molecule has 1 aromatic carbocycles. The molecule has 0 spiro atoms. The first-order valence-corrected chi connectivity index (χ1v) is 11.8. The van der Waals surface area contributed by atoms with Crippen LogP contribution >= 0.6 is 0 Å². The lowest BCUT2D eigenvalue weighted by atomic mass is 9.80. The van der Waals surface area contributed by atoms with Crippen LogP contribution in [0.3, 0.4) is 0 Å². The summed E-state index contributed by atoms with van der Waals surface area (Å²) < 4.78 is 7.62. The van der Waals surface area contributed by atoms with Crippen LogP contribution in [0.4, 0.5) is 0 Å². The maximum atomic E-state index is 12.7. The van der Waals surface area contributed by atoms with Gasteiger partial charge in [-0.3, -0.25) is 14.4 Å². The molecule has 1 saturated carbocycles. The number of hydrogen-bond acceptors (Lipinski definition) is 6. The van der Waals surface area contributed by atoms with E-state index in [1.165, 1.54) is 5.56 Å². The molecule has 1 N–H and O–H groups in total. The lowest BCUT2D eigenvalue weighted by molar-refractivity contribution is -0.122. The van der Waals surface area contributed by atoms with Gasteiger partial charge in [-0.15, -0.1) is 0 Å². The summed E-state index contributed by atoms with van der Waals surface area (Å²) in [6.45, 7) is 9.20. The summed E-state index contributed by atoms with van der Waals surface area (Å²) in [4.78, 5) is 19.9. The summed E-state index contributed by atoms with van der Waals surface area (Å²) in [6, 6.07) is 12.7. The first-order valence-electron chi connectivity index (χ1n) is 11.8. The fraction of sp³-hybridized carbons (Fsp3) is 0.520. The zero-order chi connectivity index (χ0) is 23.0. The Labute approximate surface area is 194 Å². The van der Waals surface area contributed by atoms with Gasteiger partial charge in [0.15, 0.2) is 5.82 Å². The van der Waals surface area contributed by atoms with Gasteiger partial charge in [-0.2, -0.15) is 10.1 Å². The number of aryl methyl sites for hydroxylation is 4. The molecule has 1 aliphatic heterocycles. The molecule has 3 heterocycles. The Balaban J connectivity index is 1.25. The second kappa shape index (κ2) is 8.74. The molecule has 3 atom stereocenters. The molecule has 174 valence electrons. The molecule has 3 aromatic rings. The number of benzene rings is 1. The molecule has 5 rings (SSSR count). The van der Waals surface area contributed by atoms with Crippen LogP contribution in [0.25, 0.3) is 0 Å². The molecule has 1 aliphatic carbocycles. The molecule has 3 unspecified atom stereocenters. The smallest absolute Gasteiger partial charge is 0.234 e. The molecular weight excluding hydrogens is 416 g/mol. The Morgan fingerprint density at radius 1 is 1.24 bits per heavy atom. The highest BCUT2D eigenvalue weighted by molar-refractivity contribution is 5.76. The number of carbonyl (C=O) groups is 1. The maximum Gasteiger partial charge on any atom is 0.234 e. The van der Waals surface area contributed by atoms with Gasteiger partial charge in [0, 0.05) is 44.3 Å². The minimum atomic E-state index is -0.205. The van der Waals surface area contributed by atoms with E-state index in [4.69, 9.17) is 4.52 Å². The highest BCUT2D eigenvalue weighted by Gasteiger charge is 2.57. The summed E-state index contributed by atoms with van der Waals surface area (Å²) in [5.74, 6) is 1.84. The van der Waals surface area contributed by atoms with Crippen molar-refractivity contribution in [3.05, 3.63) is 65.1 Å². The van der Waals surface area contributed by atoms with Crippen LogP contribution in [0, 0.1) is 26.7 Å². The number of likely N-dealkylation sites (tertiary alicyclic amines) is 1. The van der Waals surface area contributed by atoms with Crippen molar-refractivity contribution < 1.29 is 9.32 Å². The number of amides is 1. The Morgan fingerprint density at radius 3 is 2.76 bits per heavy atom. The Hall–Kier alpha value is -3.00. The van der Waals surface area contributed by atoms with Crippen molar-refractivity contribution in [3.63, 3.8) is 0 Å². The summed E-state index contributed by atoms with van der Waals surface area (Å²) in [5.41, 5.74) is 3.17. The Kier molecular flexibility index (Phi) is 5.78. The van der Waals surface area contributed by atoms with Gasteiger partial charge in [-0.25, -0.2) is 0 Å². The Morgan fingerprint density at radius 2 is 2.06 bits per heavy atom. The zero-order valence-corrected chi connectivity index (χ0v) is 19.6. The fourth-order valence-corrected chi connectivity index (χ4v) is 5.79. The fourth-order valence-electron chi connectivity index (χ4n) is 5.79. The van der Waals surface area contributed by atoms with Crippen molar-refractivity contribution >= 4 is 5.91 Å². The third-order valence-corrected chi connectivity index (χ3v) is 7.17. The number of carbonyl (C=O) groups excluding carboxylic acids is 1.